The minimum Gasteiger partial charge on any atom is -0.368 e. The highest BCUT2D eigenvalue weighted by Gasteiger charge is 2.42. The van der Waals surface area contributed by atoms with Gasteiger partial charge < -0.3 is 4.74 Å². The molecule has 102 valence electrons. The van der Waals surface area contributed by atoms with Gasteiger partial charge in [0.25, 0.3) is 5.91 Å². The second-order valence-corrected chi connectivity index (χ2v) is 4.48. The molecule has 3 amide bonds. The van der Waals surface area contributed by atoms with Gasteiger partial charge in [0.1, 0.15) is 6.10 Å². The Labute approximate surface area is 107 Å². The van der Waals surface area contributed by atoms with Gasteiger partial charge in [-0.3, -0.25) is 14.4 Å². The highest BCUT2D eigenvalue weighted by Crippen LogP contribution is 2.18. The van der Waals surface area contributed by atoms with Crippen LogP contribution >= 0.6 is 0 Å². The first kappa shape index (κ1) is 14.8. The van der Waals surface area contributed by atoms with E-state index < -0.39 is 23.8 Å². The van der Waals surface area contributed by atoms with Crippen LogP contribution in [0.2, 0.25) is 0 Å². The molecule has 1 unspecified atom stereocenters. The van der Waals surface area contributed by atoms with Gasteiger partial charge in [-0.2, -0.15) is 0 Å². The van der Waals surface area contributed by atoms with Gasteiger partial charge in [-0.15, -0.1) is 0 Å². The van der Waals surface area contributed by atoms with Crippen molar-refractivity contribution in [3.05, 3.63) is 0 Å². The molecule has 0 aromatic carbocycles. The number of imide groups is 3. The maximum atomic E-state index is 11.9. The Morgan fingerprint density at radius 2 is 2.00 bits per heavy atom. The van der Waals surface area contributed by atoms with E-state index in [1.165, 1.54) is 0 Å². The van der Waals surface area contributed by atoms with Gasteiger partial charge in [-0.1, -0.05) is 26.7 Å². The lowest BCUT2D eigenvalue weighted by molar-refractivity contribution is -0.151. The summed E-state index contributed by atoms with van der Waals surface area (Å²) < 4.78 is 5.38. The van der Waals surface area contributed by atoms with E-state index >= 15 is 0 Å². The maximum absolute atomic E-state index is 11.9. The van der Waals surface area contributed by atoms with E-state index in [4.69, 9.17) is 4.74 Å². The van der Waals surface area contributed by atoms with Crippen LogP contribution in [0.4, 0.5) is 0 Å². The quantitative estimate of drug-likeness (QED) is 0.512. The second kappa shape index (κ2) is 7.26. The van der Waals surface area contributed by atoms with Crippen LogP contribution in [0.3, 0.4) is 0 Å². The molecular weight excluding hydrogens is 234 g/mol. The molecule has 0 aromatic rings. The Morgan fingerprint density at radius 3 is 2.61 bits per heavy atom. The van der Waals surface area contributed by atoms with E-state index in [0.29, 0.717) is 13.0 Å². The number of ether oxygens (including phenoxy) is 1. The Balaban J connectivity index is 2.48. The number of rotatable bonds is 7. The van der Waals surface area contributed by atoms with Crippen molar-refractivity contribution in [2.75, 3.05) is 6.61 Å². The Morgan fingerprint density at radius 1 is 1.28 bits per heavy atom. The summed E-state index contributed by atoms with van der Waals surface area (Å²) in [6.07, 6.45) is 3.07. The van der Waals surface area contributed by atoms with E-state index in [2.05, 4.69) is 6.92 Å². The summed E-state index contributed by atoms with van der Waals surface area (Å²) in [6, 6.07) is 0. The van der Waals surface area contributed by atoms with Crippen molar-refractivity contribution in [2.45, 2.75) is 58.5 Å². The first-order chi connectivity index (χ1) is 8.61. The van der Waals surface area contributed by atoms with E-state index in [9.17, 15) is 14.4 Å². The van der Waals surface area contributed by atoms with Gasteiger partial charge in [0.15, 0.2) is 0 Å². The normalized spacial score (nSPS) is 19.7. The second-order valence-electron chi connectivity index (χ2n) is 4.48. The van der Waals surface area contributed by atoms with E-state index in [0.717, 1.165) is 24.2 Å². The molecule has 0 saturated carbocycles. The van der Waals surface area contributed by atoms with Gasteiger partial charge >= 0.3 is 0 Å². The SMILES string of the molecule is CCCCCOC1CC(=O)N(C(=O)CCC)C1=O. The number of hydrogen-bond donors (Lipinski definition) is 0. The fourth-order valence-electron chi connectivity index (χ4n) is 1.90. The average Bonchev–Trinajstić information content (AvgIpc) is 2.60. The number of likely N-dealkylation sites (tertiary alicyclic amines) is 1. The lowest BCUT2D eigenvalue weighted by Gasteiger charge is -2.12. The number of carbonyl (C=O) groups excluding carboxylic acids is 3. The molecule has 0 bridgehead atoms. The molecule has 1 atom stereocenters. The Kier molecular flexibility index (Phi) is 5.98. The molecule has 1 saturated heterocycles. The average molecular weight is 255 g/mol. The largest absolute Gasteiger partial charge is 0.368 e. The molecule has 0 spiro atoms. The molecule has 1 rings (SSSR count). The predicted octanol–water partition coefficient (Wildman–Crippen LogP) is 1.65. The van der Waals surface area contributed by atoms with Gasteiger partial charge in [-0.25, -0.2) is 4.90 Å². The summed E-state index contributed by atoms with van der Waals surface area (Å²) in [5.41, 5.74) is 0. The maximum Gasteiger partial charge on any atom is 0.265 e. The minimum absolute atomic E-state index is 0.000409. The first-order valence-electron chi connectivity index (χ1n) is 6.63. The molecule has 0 aliphatic carbocycles. The van der Waals surface area contributed by atoms with Crippen LogP contribution in [0.15, 0.2) is 0 Å². The predicted molar refractivity (Wildman–Crippen MR) is 65.7 cm³/mol. The molecule has 1 aliphatic heterocycles. The molecule has 5 nitrogen and oxygen atoms in total. The van der Waals surface area contributed by atoms with Crippen molar-refractivity contribution < 1.29 is 19.1 Å². The number of nitrogens with zero attached hydrogens (tertiary/aromatic N) is 1. The smallest absolute Gasteiger partial charge is 0.265 e. The molecule has 0 aromatic heterocycles. The zero-order valence-electron chi connectivity index (χ0n) is 11.1. The summed E-state index contributed by atoms with van der Waals surface area (Å²) in [7, 11) is 0. The number of amides is 3. The van der Waals surface area contributed by atoms with E-state index in [1.807, 2.05) is 6.92 Å². The molecule has 1 fully saturated rings. The van der Waals surface area contributed by atoms with E-state index in [1.54, 1.807) is 0 Å². The molecule has 0 N–H and O–H groups in total. The number of carbonyl (C=O) groups is 3. The topological polar surface area (TPSA) is 63.7 Å². The summed E-state index contributed by atoms with van der Waals surface area (Å²) in [5.74, 6) is -1.33. The highest BCUT2D eigenvalue weighted by atomic mass is 16.5. The van der Waals surface area contributed by atoms with Crippen molar-refractivity contribution in [2.24, 2.45) is 0 Å². The third kappa shape index (κ3) is 3.63. The van der Waals surface area contributed by atoms with Crippen LogP contribution in [-0.2, 0) is 19.1 Å². The van der Waals surface area contributed by atoms with Crippen molar-refractivity contribution in [3.8, 4) is 0 Å². The third-order valence-electron chi connectivity index (χ3n) is 2.89. The molecule has 5 heteroatoms. The van der Waals surface area contributed by atoms with Crippen molar-refractivity contribution in [1.29, 1.82) is 0 Å². The third-order valence-corrected chi connectivity index (χ3v) is 2.89. The number of unbranched alkanes of at least 4 members (excludes halogenated alkanes) is 2. The van der Waals surface area contributed by atoms with E-state index in [-0.39, 0.29) is 12.8 Å². The zero-order valence-corrected chi connectivity index (χ0v) is 11.1. The van der Waals surface area contributed by atoms with Crippen LogP contribution in [0, 0.1) is 0 Å². The van der Waals surface area contributed by atoms with Crippen molar-refractivity contribution in [3.63, 3.8) is 0 Å². The lowest BCUT2D eigenvalue weighted by atomic mass is 10.2. The fraction of sp³-hybridized carbons (Fsp3) is 0.769. The van der Waals surface area contributed by atoms with Crippen LogP contribution in [0.5, 0.6) is 0 Å². The van der Waals surface area contributed by atoms with Gasteiger partial charge in [-0.05, 0) is 12.8 Å². The van der Waals surface area contributed by atoms with Crippen LogP contribution in [-0.4, -0.2) is 35.3 Å². The van der Waals surface area contributed by atoms with Gasteiger partial charge in [0.2, 0.25) is 11.8 Å². The van der Waals surface area contributed by atoms with Gasteiger partial charge in [0, 0.05) is 13.0 Å². The fourth-order valence-corrected chi connectivity index (χ4v) is 1.90. The Bertz CT molecular complexity index is 327. The van der Waals surface area contributed by atoms with Crippen LogP contribution in [0.25, 0.3) is 0 Å². The molecule has 1 heterocycles. The zero-order chi connectivity index (χ0) is 13.5. The van der Waals surface area contributed by atoms with Crippen LogP contribution < -0.4 is 0 Å². The summed E-state index contributed by atoms with van der Waals surface area (Å²) in [6.45, 7) is 4.38. The standard InChI is InChI=1S/C13H21NO4/c1-3-5-6-8-18-10-9-12(16)14(13(10)17)11(15)7-4-2/h10H,3-9H2,1-2H3. The summed E-state index contributed by atoms with van der Waals surface area (Å²) in [4.78, 5) is 35.8. The lowest BCUT2D eigenvalue weighted by Crippen LogP contribution is -2.38. The minimum atomic E-state index is -0.754. The monoisotopic (exact) mass is 255 g/mol. The van der Waals surface area contributed by atoms with Gasteiger partial charge in [0.05, 0.1) is 6.42 Å². The summed E-state index contributed by atoms with van der Waals surface area (Å²) >= 11 is 0. The Hall–Kier alpha value is -1.23. The molecule has 0 radical (unpaired) electrons. The van der Waals surface area contributed by atoms with Crippen molar-refractivity contribution in [1.82, 2.24) is 4.90 Å². The first-order valence-corrected chi connectivity index (χ1v) is 6.63. The molecular formula is C13H21NO4. The summed E-state index contributed by atoms with van der Waals surface area (Å²) in [5, 5.41) is 0. The van der Waals surface area contributed by atoms with Crippen molar-refractivity contribution >= 4 is 17.7 Å². The molecule has 1 aliphatic rings. The number of hydrogen-bond acceptors (Lipinski definition) is 4. The molecule has 18 heavy (non-hydrogen) atoms. The van der Waals surface area contributed by atoms with Crippen LogP contribution in [0.1, 0.15) is 52.4 Å². The highest BCUT2D eigenvalue weighted by molar-refractivity contribution is 6.16.